The predicted octanol–water partition coefficient (Wildman–Crippen LogP) is 1.84. The number of carbonyl (C=O) groups is 2. The number of pyridine rings is 1. The maximum absolute atomic E-state index is 12.5. The van der Waals surface area contributed by atoms with E-state index in [2.05, 4.69) is 23.7 Å². The van der Waals surface area contributed by atoms with Gasteiger partial charge in [-0.2, -0.15) is 0 Å². The number of ether oxygens (including phenoxy) is 1. The van der Waals surface area contributed by atoms with Crippen molar-refractivity contribution in [2.45, 2.75) is 20.8 Å². The molecular weight excluding hydrogens is 308 g/mol. The molecule has 0 bridgehead atoms. The van der Waals surface area contributed by atoms with Crippen molar-refractivity contribution < 1.29 is 14.3 Å². The highest BCUT2D eigenvalue weighted by molar-refractivity contribution is 5.92. The van der Waals surface area contributed by atoms with Gasteiger partial charge in [0.2, 0.25) is 0 Å². The number of nitrogens with zero attached hydrogens (tertiary/aromatic N) is 4. The van der Waals surface area contributed by atoms with Crippen LogP contribution in [0.3, 0.4) is 0 Å². The summed E-state index contributed by atoms with van der Waals surface area (Å²) >= 11 is 0. The van der Waals surface area contributed by atoms with Gasteiger partial charge in [0.15, 0.2) is 0 Å². The highest BCUT2D eigenvalue weighted by Gasteiger charge is 2.26. The Labute approximate surface area is 143 Å². The zero-order valence-electron chi connectivity index (χ0n) is 14.7. The highest BCUT2D eigenvalue weighted by atomic mass is 16.6. The van der Waals surface area contributed by atoms with E-state index in [1.165, 1.54) is 0 Å². The Morgan fingerprint density at radius 2 is 1.71 bits per heavy atom. The molecule has 0 aromatic carbocycles. The summed E-state index contributed by atoms with van der Waals surface area (Å²) < 4.78 is 4.99. The molecule has 132 valence electrons. The van der Waals surface area contributed by atoms with Crippen LogP contribution in [0.25, 0.3) is 0 Å². The first-order valence-corrected chi connectivity index (χ1v) is 8.52. The second-order valence-corrected chi connectivity index (χ2v) is 5.55. The number of piperazine rings is 1. The third-order valence-corrected chi connectivity index (χ3v) is 4.19. The molecule has 0 N–H and O–H groups in total. The van der Waals surface area contributed by atoms with Gasteiger partial charge in [-0.15, -0.1) is 0 Å². The average Bonchev–Trinajstić information content (AvgIpc) is 2.63. The number of carbonyl (C=O) groups excluding carboxylic acids is 2. The molecule has 7 nitrogen and oxygen atoms in total. The molecule has 0 radical (unpaired) electrons. The second-order valence-electron chi connectivity index (χ2n) is 5.55. The fourth-order valence-corrected chi connectivity index (χ4v) is 2.76. The third-order valence-electron chi connectivity index (χ3n) is 4.19. The van der Waals surface area contributed by atoms with Crippen molar-refractivity contribution in [2.75, 3.05) is 50.8 Å². The van der Waals surface area contributed by atoms with Crippen LogP contribution in [0.4, 0.5) is 10.5 Å². The zero-order valence-corrected chi connectivity index (χ0v) is 14.7. The van der Waals surface area contributed by atoms with Gasteiger partial charge < -0.3 is 19.4 Å². The first-order valence-electron chi connectivity index (χ1n) is 8.52. The molecule has 2 amide bonds. The molecule has 2 heterocycles. The molecule has 2 rings (SSSR count). The van der Waals surface area contributed by atoms with E-state index < -0.39 is 0 Å². The van der Waals surface area contributed by atoms with Crippen LogP contribution in [0.1, 0.15) is 31.3 Å². The van der Waals surface area contributed by atoms with Crippen LogP contribution in [0.5, 0.6) is 0 Å². The predicted molar refractivity (Wildman–Crippen MR) is 92.3 cm³/mol. The first-order chi connectivity index (χ1) is 11.6. The van der Waals surface area contributed by atoms with Gasteiger partial charge in [-0.25, -0.2) is 9.78 Å². The van der Waals surface area contributed by atoms with E-state index in [1.807, 2.05) is 6.07 Å². The fourth-order valence-electron chi connectivity index (χ4n) is 2.76. The third kappa shape index (κ3) is 4.15. The molecule has 0 atom stereocenters. The number of hydrogen-bond acceptors (Lipinski definition) is 5. The quantitative estimate of drug-likeness (QED) is 0.822. The van der Waals surface area contributed by atoms with Gasteiger partial charge in [0, 0.05) is 39.3 Å². The van der Waals surface area contributed by atoms with Crippen molar-refractivity contribution in [1.82, 2.24) is 14.8 Å². The molecule has 0 saturated carbocycles. The van der Waals surface area contributed by atoms with Gasteiger partial charge >= 0.3 is 6.09 Å². The summed E-state index contributed by atoms with van der Waals surface area (Å²) in [4.78, 5) is 34.1. The number of anilines is 1. The van der Waals surface area contributed by atoms with Crippen LogP contribution < -0.4 is 4.90 Å². The van der Waals surface area contributed by atoms with E-state index in [0.717, 1.165) is 18.8 Å². The van der Waals surface area contributed by atoms with Crippen LogP contribution in [0, 0.1) is 0 Å². The molecule has 1 saturated heterocycles. The minimum Gasteiger partial charge on any atom is -0.450 e. The molecule has 1 aliphatic rings. The monoisotopic (exact) mass is 334 g/mol. The number of rotatable bonds is 5. The molecule has 1 aromatic rings. The second kappa shape index (κ2) is 8.52. The molecule has 1 aromatic heterocycles. The van der Waals surface area contributed by atoms with Crippen LogP contribution in [0.15, 0.2) is 18.3 Å². The Morgan fingerprint density at radius 3 is 2.21 bits per heavy atom. The summed E-state index contributed by atoms with van der Waals surface area (Å²) in [5.41, 5.74) is 1.46. The number of amides is 2. The van der Waals surface area contributed by atoms with Gasteiger partial charge in [0.05, 0.1) is 18.5 Å². The SMILES string of the molecule is CCOC(=O)N1CCN(C(=O)c2ccc(N(CC)CC)cn2)CC1. The molecule has 0 spiro atoms. The minimum absolute atomic E-state index is 0.0930. The number of hydrogen-bond donors (Lipinski definition) is 0. The van der Waals surface area contributed by atoms with E-state index in [4.69, 9.17) is 4.74 Å². The maximum Gasteiger partial charge on any atom is 0.409 e. The topological polar surface area (TPSA) is 66.0 Å². The van der Waals surface area contributed by atoms with Crippen molar-refractivity contribution in [3.8, 4) is 0 Å². The van der Waals surface area contributed by atoms with E-state index in [-0.39, 0.29) is 12.0 Å². The zero-order chi connectivity index (χ0) is 17.5. The Morgan fingerprint density at radius 1 is 1.08 bits per heavy atom. The van der Waals surface area contributed by atoms with Crippen LogP contribution >= 0.6 is 0 Å². The fraction of sp³-hybridized carbons (Fsp3) is 0.588. The van der Waals surface area contributed by atoms with Crippen LogP contribution in [-0.4, -0.2) is 72.7 Å². The van der Waals surface area contributed by atoms with Gasteiger partial charge in [-0.3, -0.25) is 4.79 Å². The van der Waals surface area contributed by atoms with Crippen molar-refractivity contribution in [3.05, 3.63) is 24.0 Å². The lowest BCUT2D eigenvalue weighted by molar-refractivity contribution is 0.0566. The van der Waals surface area contributed by atoms with Crippen molar-refractivity contribution >= 4 is 17.7 Å². The molecule has 1 fully saturated rings. The first kappa shape index (κ1) is 18.0. The van der Waals surface area contributed by atoms with E-state index in [9.17, 15) is 9.59 Å². The number of aromatic nitrogens is 1. The molecular formula is C17H26N4O3. The summed E-state index contributed by atoms with van der Waals surface area (Å²) in [6.45, 7) is 10.1. The van der Waals surface area contributed by atoms with Crippen LogP contribution in [-0.2, 0) is 4.74 Å². The summed E-state index contributed by atoms with van der Waals surface area (Å²) in [7, 11) is 0. The maximum atomic E-state index is 12.5. The minimum atomic E-state index is -0.314. The largest absolute Gasteiger partial charge is 0.450 e. The van der Waals surface area contributed by atoms with Crippen molar-refractivity contribution in [1.29, 1.82) is 0 Å². The Bertz CT molecular complexity index is 549. The highest BCUT2D eigenvalue weighted by Crippen LogP contribution is 2.14. The Kier molecular flexibility index (Phi) is 6.40. The summed E-state index contributed by atoms with van der Waals surface area (Å²) in [6.07, 6.45) is 1.43. The standard InChI is InChI=1S/C17H26N4O3/c1-4-19(5-2)14-7-8-15(18-13-14)16(22)20-9-11-21(12-10-20)17(23)24-6-3/h7-8,13H,4-6,9-12H2,1-3H3. The molecule has 24 heavy (non-hydrogen) atoms. The molecule has 7 heteroatoms. The van der Waals surface area contributed by atoms with Crippen molar-refractivity contribution in [2.24, 2.45) is 0 Å². The van der Waals surface area contributed by atoms with Crippen LogP contribution in [0.2, 0.25) is 0 Å². The Balaban J connectivity index is 1.94. The van der Waals surface area contributed by atoms with Crippen molar-refractivity contribution in [3.63, 3.8) is 0 Å². The average molecular weight is 334 g/mol. The van der Waals surface area contributed by atoms with Gasteiger partial charge in [0.25, 0.3) is 5.91 Å². The van der Waals surface area contributed by atoms with E-state index >= 15 is 0 Å². The normalized spacial score (nSPS) is 14.5. The summed E-state index contributed by atoms with van der Waals surface area (Å²) in [5, 5.41) is 0. The van der Waals surface area contributed by atoms with E-state index in [0.29, 0.717) is 38.5 Å². The summed E-state index contributed by atoms with van der Waals surface area (Å²) in [5.74, 6) is -0.0930. The van der Waals surface area contributed by atoms with Gasteiger partial charge in [0.1, 0.15) is 5.69 Å². The lowest BCUT2D eigenvalue weighted by Gasteiger charge is -2.33. The molecule has 1 aliphatic heterocycles. The van der Waals surface area contributed by atoms with E-state index in [1.54, 1.807) is 29.0 Å². The van der Waals surface area contributed by atoms with Gasteiger partial charge in [-0.1, -0.05) is 0 Å². The molecule has 0 unspecified atom stereocenters. The lowest BCUT2D eigenvalue weighted by atomic mass is 10.2. The lowest BCUT2D eigenvalue weighted by Crippen LogP contribution is -2.50. The summed E-state index contributed by atoms with van der Waals surface area (Å²) in [6, 6.07) is 3.70. The Hall–Kier alpha value is -2.31. The molecule has 0 aliphatic carbocycles. The van der Waals surface area contributed by atoms with Gasteiger partial charge in [-0.05, 0) is 32.9 Å². The smallest absolute Gasteiger partial charge is 0.409 e.